The molecule has 0 atom stereocenters. The average Bonchev–Trinajstić information content (AvgIpc) is 3.03. The maximum Gasteiger partial charge on any atom is 0.414 e. The number of esters is 2. The van der Waals surface area contributed by atoms with Gasteiger partial charge in [-0.1, -0.05) is 0 Å². The van der Waals surface area contributed by atoms with Crippen molar-refractivity contribution < 1.29 is 33.7 Å². The summed E-state index contributed by atoms with van der Waals surface area (Å²) in [5.74, 6) is -3.12. The first-order chi connectivity index (χ1) is 12.5. The third-order valence-corrected chi connectivity index (χ3v) is 3.48. The minimum absolute atomic E-state index is 0.106. The fourth-order valence-electron chi connectivity index (χ4n) is 2.25. The summed E-state index contributed by atoms with van der Waals surface area (Å²) < 4.78 is 14.5. The molecule has 1 aromatic rings. The lowest BCUT2D eigenvalue weighted by Crippen LogP contribution is -2.29. The Kier molecular flexibility index (Phi) is 6.54. The van der Waals surface area contributed by atoms with Crippen molar-refractivity contribution in [2.24, 2.45) is 10.9 Å². The monoisotopic (exact) mass is 364 g/mol. The minimum atomic E-state index is -1.33. The van der Waals surface area contributed by atoms with E-state index in [9.17, 15) is 19.5 Å². The lowest BCUT2D eigenvalue weighted by molar-refractivity contribution is -0.157. The van der Waals surface area contributed by atoms with E-state index in [1.165, 1.54) is 17.0 Å². The van der Waals surface area contributed by atoms with Crippen LogP contribution in [0.25, 0.3) is 0 Å². The van der Waals surface area contributed by atoms with Gasteiger partial charge in [0.05, 0.1) is 25.4 Å². The van der Waals surface area contributed by atoms with Gasteiger partial charge >= 0.3 is 18.0 Å². The first kappa shape index (κ1) is 19.2. The molecule has 2 rings (SSSR count). The van der Waals surface area contributed by atoms with Crippen LogP contribution in [0, 0.1) is 5.92 Å². The maximum atomic E-state index is 11.9. The summed E-state index contributed by atoms with van der Waals surface area (Å²) in [6.07, 6.45) is 0.569. The van der Waals surface area contributed by atoms with Gasteiger partial charge in [0.15, 0.2) is 5.92 Å². The van der Waals surface area contributed by atoms with Crippen LogP contribution >= 0.6 is 0 Å². The third kappa shape index (κ3) is 4.50. The number of aromatic hydroxyl groups is 1. The highest BCUT2D eigenvalue weighted by molar-refractivity contribution is 6.09. The lowest BCUT2D eigenvalue weighted by Gasteiger charge is -2.13. The molecule has 0 aliphatic carbocycles. The molecular weight excluding hydrogens is 344 g/mol. The Morgan fingerprint density at radius 3 is 2.46 bits per heavy atom. The fourth-order valence-corrected chi connectivity index (χ4v) is 2.25. The molecule has 1 aromatic carbocycles. The van der Waals surface area contributed by atoms with Crippen LogP contribution in [0.4, 0.5) is 16.2 Å². The molecule has 26 heavy (non-hydrogen) atoms. The second kappa shape index (κ2) is 8.84. The highest BCUT2D eigenvalue weighted by Gasteiger charge is 2.28. The average molecular weight is 364 g/mol. The topological polar surface area (TPSA) is 115 Å². The smallest absolute Gasteiger partial charge is 0.414 e. The van der Waals surface area contributed by atoms with Crippen LogP contribution in [0.15, 0.2) is 23.2 Å². The maximum absolute atomic E-state index is 11.9. The summed E-state index contributed by atoms with van der Waals surface area (Å²) in [5.41, 5.74) is 0.580. The standard InChI is InChI=1S/C17H20N2O7/c1-3-24-15(21)12(16(22)25-4-2)10-18-13-6-5-11(9-14(13)20)19-7-8-26-17(19)23/h5-6,9-10,12,20H,3-4,7-8H2,1-2H3. The van der Waals surface area contributed by atoms with E-state index in [2.05, 4.69) is 4.99 Å². The SMILES string of the molecule is CCOC(=O)C(C=Nc1ccc(N2CCOC2=O)cc1O)C(=O)OCC. The van der Waals surface area contributed by atoms with Gasteiger partial charge in [-0.25, -0.2) is 4.79 Å². The van der Waals surface area contributed by atoms with Gasteiger partial charge in [-0.2, -0.15) is 0 Å². The molecule has 1 aliphatic heterocycles. The quantitative estimate of drug-likeness (QED) is 0.339. The van der Waals surface area contributed by atoms with Crippen LogP contribution in [-0.2, 0) is 23.8 Å². The third-order valence-electron chi connectivity index (χ3n) is 3.48. The van der Waals surface area contributed by atoms with E-state index < -0.39 is 23.9 Å². The van der Waals surface area contributed by atoms with Crippen LogP contribution in [-0.4, -0.2) is 55.7 Å². The van der Waals surface area contributed by atoms with Crippen molar-refractivity contribution >= 4 is 35.6 Å². The molecule has 140 valence electrons. The first-order valence-electron chi connectivity index (χ1n) is 8.12. The number of phenolic OH excluding ortho intramolecular Hbond substituents is 1. The van der Waals surface area contributed by atoms with E-state index in [0.29, 0.717) is 12.2 Å². The Labute approximate surface area is 150 Å². The van der Waals surface area contributed by atoms with Crippen LogP contribution in [0.5, 0.6) is 5.75 Å². The molecule has 0 spiro atoms. The number of aliphatic imine (C=N–C) groups is 1. The van der Waals surface area contributed by atoms with E-state index in [1.807, 2.05) is 0 Å². The van der Waals surface area contributed by atoms with Crippen molar-refractivity contribution in [3.8, 4) is 5.75 Å². The molecule has 0 radical (unpaired) electrons. The van der Waals surface area contributed by atoms with Crippen molar-refractivity contribution in [2.45, 2.75) is 13.8 Å². The van der Waals surface area contributed by atoms with Gasteiger partial charge in [-0.15, -0.1) is 0 Å². The van der Waals surface area contributed by atoms with Gasteiger partial charge < -0.3 is 19.3 Å². The molecule has 9 heteroatoms. The lowest BCUT2D eigenvalue weighted by atomic mass is 10.1. The zero-order valence-corrected chi connectivity index (χ0v) is 14.5. The van der Waals surface area contributed by atoms with Crippen molar-refractivity contribution in [1.82, 2.24) is 0 Å². The Morgan fingerprint density at radius 2 is 1.96 bits per heavy atom. The van der Waals surface area contributed by atoms with Gasteiger partial charge in [0.2, 0.25) is 0 Å². The normalized spacial score (nSPS) is 14.0. The fraction of sp³-hybridized carbons (Fsp3) is 0.412. The summed E-state index contributed by atoms with van der Waals surface area (Å²) in [5, 5.41) is 10.1. The van der Waals surface area contributed by atoms with Crippen molar-refractivity contribution in [3.63, 3.8) is 0 Å². The summed E-state index contributed by atoms with van der Waals surface area (Å²) in [6.45, 7) is 4.11. The number of hydrogen-bond donors (Lipinski definition) is 1. The highest BCUT2D eigenvalue weighted by atomic mass is 16.6. The number of benzene rings is 1. The van der Waals surface area contributed by atoms with Gasteiger partial charge in [0.1, 0.15) is 18.0 Å². The largest absolute Gasteiger partial charge is 0.506 e. The number of ether oxygens (including phenoxy) is 3. The predicted molar refractivity (Wildman–Crippen MR) is 91.7 cm³/mol. The Morgan fingerprint density at radius 1 is 1.31 bits per heavy atom. The molecule has 1 saturated heterocycles. The Hall–Kier alpha value is -3.10. The van der Waals surface area contributed by atoms with Crippen LogP contribution in [0.3, 0.4) is 0 Å². The van der Waals surface area contributed by atoms with Gasteiger partial charge in [0, 0.05) is 12.3 Å². The summed E-state index contributed by atoms with van der Waals surface area (Å²) in [6, 6.07) is 4.38. The minimum Gasteiger partial charge on any atom is -0.506 e. The van der Waals surface area contributed by atoms with E-state index >= 15 is 0 Å². The molecule has 1 heterocycles. The number of amides is 1. The highest BCUT2D eigenvalue weighted by Crippen LogP contribution is 2.32. The summed E-state index contributed by atoms with van der Waals surface area (Å²) >= 11 is 0. The molecule has 1 fully saturated rings. The molecule has 0 aromatic heterocycles. The molecule has 1 aliphatic rings. The van der Waals surface area contributed by atoms with Crippen LogP contribution < -0.4 is 4.90 Å². The molecule has 1 N–H and O–H groups in total. The number of phenols is 1. The van der Waals surface area contributed by atoms with E-state index in [0.717, 1.165) is 6.21 Å². The van der Waals surface area contributed by atoms with Crippen LogP contribution in [0.2, 0.25) is 0 Å². The summed E-state index contributed by atoms with van der Waals surface area (Å²) in [7, 11) is 0. The van der Waals surface area contributed by atoms with Crippen LogP contribution in [0.1, 0.15) is 13.8 Å². The zero-order valence-electron chi connectivity index (χ0n) is 14.5. The van der Waals surface area contributed by atoms with Gasteiger partial charge in [-0.3, -0.25) is 19.5 Å². The van der Waals surface area contributed by atoms with Gasteiger partial charge in [0.25, 0.3) is 0 Å². The van der Waals surface area contributed by atoms with Crippen molar-refractivity contribution in [2.75, 3.05) is 31.3 Å². The number of nitrogens with zero attached hydrogens (tertiary/aromatic N) is 2. The molecule has 9 nitrogen and oxygen atoms in total. The molecular formula is C17H20N2O7. The second-order valence-electron chi connectivity index (χ2n) is 5.20. The number of rotatable bonds is 7. The molecule has 0 unspecified atom stereocenters. The number of carbonyl (C=O) groups excluding carboxylic acids is 3. The predicted octanol–water partition coefficient (Wildman–Crippen LogP) is 1.79. The van der Waals surface area contributed by atoms with Crippen molar-refractivity contribution in [1.29, 1.82) is 0 Å². The molecule has 0 saturated carbocycles. The Balaban J connectivity index is 2.19. The van der Waals surface area contributed by atoms with E-state index in [4.69, 9.17) is 14.2 Å². The number of anilines is 1. The number of cyclic esters (lactones) is 1. The first-order valence-corrected chi connectivity index (χ1v) is 8.12. The zero-order chi connectivity index (χ0) is 19.1. The molecule has 1 amide bonds. The Bertz CT molecular complexity index is 699. The van der Waals surface area contributed by atoms with Gasteiger partial charge in [-0.05, 0) is 26.0 Å². The molecule has 0 bridgehead atoms. The second-order valence-corrected chi connectivity index (χ2v) is 5.20. The van der Waals surface area contributed by atoms with Crippen molar-refractivity contribution in [3.05, 3.63) is 18.2 Å². The van der Waals surface area contributed by atoms with E-state index in [1.54, 1.807) is 19.9 Å². The van der Waals surface area contributed by atoms with E-state index in [-0.39, 0.29) is 31.3 Å². The number of hydrogen-bond acceptors (Lipinski definition) is 8. The number of carbonyl (C=O) groups is 3. The summed E-state index contributed by atoms with van der Waals surface area (Å²) in [4.78, 5) is 40.7.